The molecule has 3 nitrogen and oxygen atoms in total. The fraction of sp³-hybridized carbons (Fsp3) is 0.235. The Balaban J connectivity index is 2.32. The molecule has 0 saturated heterocycles. The molecule has 2 rings (SSSR count). The number of carbonyl (C=O) groups is 1. The van der Waals surface area contributed by atoms with E-state index >= 15 is 0 Å². The Kier molecular flexibility index (Phi) is 4.93. The molecule has 0 heterocycles. The summed E-state index contributed by atoms with van der Waals surface area (Å²) in [5, 5.41) is 0. The summed E-state index contributed by atoms with van der Waals surface area (Å²) >= 11 is 0. The summed E-state index contributed by atoms with van der Waals surface area (Å²) in [5.74, 6) is 0.590. The third-order valence-corrected chi connectivity index (χ3v) is 3.37. The van der Waals surface area contributed by atoms with Crippen molar-refractivity contribution in [1.29, 1.82) is 0 Å². The summed E-state index contributed by atoms with van der Waals surface area (Å²) in [7, 11) is 3.15. The minimum absolute atomic E-state index is 0.350. The topological polar surface area (TPSA) is 35.5 Å². The van der Waals surface area contributed by atoms with E-state index in [9.17, 15) is 9.18 Å². The molecule has 21 heavy (non-hydrogen) atoms. The molecule has 0 aliphatic rings. The van der Waals surface area contributed by atoms with Crippen LogP contribution in [0.25, 0.3) is 0 Å². The average Bonchev–Trinajstić information content (AvgIpc) is 2.52. The molecule has 2 aromatic rings. The number of aldehydes is 1. The van der Waals surface area contributed by atoms with Crippen LogP contribution in [-0.2, 0) is 11.2 Å². The zero-order valence-electron chi connectivity index (χ0n) is 12.0. The predicted molar refractivity (Wildman–Crippen MR) is 78.5 cm³/mol. The molecule has 1 unspecified atom stereocenters. The summed E-state index contributed by atoms with van der Waals surface area (Å²) in [5.41, 5.74) is 1.49. The number of ether oxygens (including phenoxy) is 2. The van der Waals surface area contributed by atoms with E-state index in [4.69, 9.17) is 9.47 Å². The quantitative estimate of drug-likeness (QED) is 0.765. The van der Waals surface area contributed by atoms with Crippen molar-refractivity contribution < 1.29 is 18.7 Å². The van der Waals surface area contributed by atoms with Crippen LogP contribution in [0.15, 0.2) is 42.5 Å². The molecular weight excluding hydrogens is 271 g/mol. The van der Waals surface area contributed by atoms with E-state index in [1.54, 1.807) is 38.5 Å². The van der Waals surface area contributed by atoms with Gasteiger partial charge in [-0.05, 0) is 47.9 Å². The minimum atomic E-state index is -0.429. The zero-order valence-corrected chi connectivity index (χ0v) is 12.0. The molecule has 0 aliphatic carbocycles. The second kappa shape index (κ2) is 6.88. The van der Waals surface area contributed by atoms with Crippen molar-refractivity contribution in [3.8, 4) is 11.5 Å². The first-order chi connectivity index (χ1) is 10.2. The van der Waals surface area contributed by atoms with Crippen LogP contribution in [0.4, 0.5) is 4.39 Å². The van der Waals surface area contributed by atoms with Crippen molar-refractivity contribution >= 4 is 6.29 Å². The van der Waals surface area contributed by atoms with Gasteiger partial charge in [-0.2, -0.15) is 0 Å². The SMILES string of the molecule is COc1ccc(OC)c(CC(C=O)c2cccc(F)c2)c1. The lowest BCUT2D eigenvalue weighted by atomic mass is 9.92. The number of halogens is 1. The molecule has 0 fully saturated rings. The first-order valence-electron chi connectivity index (χ1n) is 6.59. The number of methoxy groups -OCH3 is 2. The van der Waals surface area contributed by atoms with Crippen LogP contribution in [0.2, 0.25) is 0 Å². The standard InChI is InChI=1S/C17H17FO3/c1-20-16-6-7-17(21-2)13(10-16)8-14(11-19)12-4-3-5-15(18)9-12/h3-7,9-11,14H,8H2,1-2H3. The van der Waals surface area contributed by atoms with Crippen molar-refractivity contribution in [2.75, 3.05) is 14.2 Å². The fourth-order valence-corrected chi connectivity index (χ4v) is 2.26. The van der Waals surface area contributed by atoms with Gasteiger partial charge in [-0.1, -0.05) is 12.1 Å². The Morgan fingerprint density at radius 3 is 2.57 bits per heavy atom. The molecule has 0 amide bonds. The summed E-state index contributed by atoms with van der Waals surface area (Å²) < 4.78 is 23.8. The minimum Gasteiger partial charge on any atom is -0.497 e. The Hall–Kier alpha value is -2.36. The van der Waals surface area contributed by atoms with Crippen molar-refractivity contribution in [2.24, 2.45) is 0 Å². The first-order valence-corrected chi connectivity index (χ1v) is 6.59. The first kappa shape index (κ1) is 15.0. The number of benzene rings is 2. The van der Waals surface area contributed by atoms with Gasteiger partial charge in [0.15, 0.2) is 0 Å². The van der Waals surface area contributed by atoms with Gasteiger partial charge in [-0.25, -0.2) is 4.39 Å². The summed E-state index contributed by atoms with van der Waals surface area (Å²) in [6, 6.07) is 11.5. The molecule has 0 radical (unpaired) electrons. The molecule has 0 spiro atoms. The smallest absolute Gasteiger partial charge is 0.127 e. The van der Waals surface area contributed by atoms with Gasteiger partial charge in [-0.3, -0.25) is 0 Å². The van der Waals surface area contributed by atoms with Crippen LogP contribution in [-0.4, -0.2) is 20.5 Å². The van der Waals surface area contributed by atoms with Crippen LogP contribution >= 0.6 is 0 Å². The maximum Gasteiger partial charge on any atom is 0.127 e. The van der Waals surface area contributed by atoms with E-state index in [0.717, 1.165) is 11.8 Å². The monoisotopic (exact) mass is 288 g/mol. The van der Waals surface area contributed by atoms with E-state index in [0.29, 0.717) is 23.5 Å². The van der Waals surface area contributed by atoms with Gasteiger partial charge >= 0.3 is 0 Å². The maximum atomic E-state index is 13.3. The van der Waals surface area contributed by atoms with Crippen LogP contribution in [0.5, 0.6) is 11.5 Å². The van der Waals surface area contributed by atoms with Crippen LogP contribution in [0.3, 0.4) is 0 Å². The third-order valence-electron chi connectivity index (χ3n) is 3.37. The molecule has 2 aromatic carbocycles. The fourth-order valence-electron chi connectivity index (χ4n) is 2.26. The Labute approximate surface area is 123 Å². The molecule has 0 N–H and O–H groups in total. The van der Waals surface area contributed by atoms with Gasteiger partial charge in [0.25, 0.3) is 0 Å². The lowest BCUT2D eigenvalue weighted by molar-refractivity contribution is -0.109. The van der Waals surface area contributed by atoms with Gasteiger partial charge in [0.1, 0.15) is 23.6 Å². The van der Waals surface area contributed by atoms with Gasteiger partial charge in [-0.15, -0.1) is 0 Å². The second-order valence-electron chi connectivity index (χ2n) is 4.68. The number of hydrogen-bond acceptors (Lipinski definition) is 3. The van der Waals surface area contributed by atoms with E-state index in [1.807, 2.05) is 6.07 Å². The Morgan fingerprint density at radius 2 is 1.95 bits per heavy atom. The van der Waals surface area contributed by atoms with Gasteiger partial charge in [0, 0.05) is 5.92 Å². The van der Waals surface area contributed by atoms with E-state index in [-0.39, 0.29) is 5.82 Å². The van der Waals surface area contributed by atoms with Gasteiger partial charge < -0.3 is 14.3 Å². The zero-order chi connectivity index (χ0) is 15.2. The average molecular weight is 288 g/mol. The summed E-state index contributed by atoms with van der Waals surface area (Å²) in [4.78, 5) is 11.4. The third kappa shape index (κ3) is 3.60. The predicted octanol–water partition coefficient (Wildman–Crippen LogP) is 3.37. The van der Waals surface area contributed by atoms with Gasteiger partial charge in [0.2, 0.25) is 0 Å². The highest BCUT2D eigenvalue weighted by Gasteiger charge is 2.15. The summed E-state index contributed by atoms with van der Waals surface area (Å²) in [6.07, 6.45) is 1.25. The van der Waals surface area contributed by atoms with Crippen molar-refractivity contribution in [2.45, 2.75) is 12.3 Å². The highest BCUT2D eigenvalue weighted by molar-refractivity contribution is 5.63. The Morgan fingerprint density at radius 1 is 1.14 bits per heavy atom. The van der Waals surface area contributed by atoms with Crippen molar-refractivity contribution in [1.82, 2.24) is 0 Å². The maximum absolute atomic E-state index is 13.3. The molecule has 1 atom stereocenters. The number of carbonyl (C=O) groups excluding carboxylic acids is 1. The second-order valence-corrected chi connectivity index (χ2v) is 4.68. The van der Waals surface area contributed by atoms with E-state index in [1.165, 1.54) is 12.1 Å². The van der Waals surface area contributed by atoms with E-state index in [2.05, 4.69) is 0 Å². The normalized spacial score (nSPS) is 11.8. The lowest BCUT2D eigenvalue weighted by Gasteiger charge is -2.15. The molecule has 0 aliphatic heterocycles. The highest BCUT2D eigenvalue weighted by atomic mass is 19.1. The largest absolute Gasteiger partial charge is 0.497 e. The lowest BCUT2D eigenvalue weighted by Crippen LogP contribution is -2.06. The van der Waals surface area contributed by atoms with Crippen molar-refractivity contribution in [3.63, 3.8) is 0 Å². The molecule has 0 bridgehead atoms. The van der Waals surface area contributed by atoms with Crippen LogP contribution < -0.4 is 9.47 Å². The molecule has 110 valence electrons. The number of hydrogen-bond donors (Lipinski definition) is 0. The molecule has 0 aromatic heterocycles. The summed E-state index contributed by atoms with van der Waals surface area (Å²) in [6.45, 7) is 0. The van der Waals surface area contributed by atoms with Crippen LogP contribution in [0, 0.1) is 5.82 Å². The molecular formula is C17H17FO3. The number of rotatable bonds is 6. The highest BCUT2D eigenvalue weighted by Crippen LogP contribution is 2.29. The van der Waals surface area contributed by atoms with Gasteiger partial charge in [0.05, 0.1) is 14.2 Å². The Bertz CT molecular complexity index is 625. The van der Waals surface area contributed by atoms with Crippen molar-refractivity contribution in [3.05, 3.63) is 59.4 Å². The molecule has 0 saturated carbocycles. The van der Waals surface area contributed by atoms with Crippen LogP contribution in [0.1, 0.15) is 17.0 Å². The van der Waals surface area contributed by atoms with E-state index < -0.39 is 5.92 Å². The molecule has 4 heteroatoms.